The minimum atomic E-state index is -0.150. The zero-order valence-electron chi connectivity index (χ0n) is 13.1. The molecule has 0 spiro atoms. The summed E-state index contributed by atoms with van der Waals surface area (Å²) in [5, 5.41) is 0. The fourth-order valence-electron chi connectivity index (χ4n) is 2.31. The summed E-state index contributed by atoms with van der Waals surface area (Å²) >= 11 is 0. The summed E-state index contributed by atoms with van der Waals surface area (Å²) in [6.45, 7) is 6.05. The number of benzene rings is 2. The van der Waals surface area contributed by atoms with Gasteiger partial charge in [0.2, 0.25) is 0 Å². The molecule has 2 rings (SSSR count). The molecule has 0 bridgehead atoms. The molecule has 1 atom stereocenters. The van der Waals surface area contributed by atoms with E-state index in [1.165, 1.54) is 0 Å². The Morgan fingerprint density at radius 2 is 1.57 bits per heavy atom. The number of methoxy groups -OCH3 is 1. The van der Waals surface area contributed by atoms with Crippen LogP contribution in [0.1, 0.15) is 36.6 Å². The zero-order chi connectivity index (χ0) is 15.4. The first-order valence-corrected chi connectivity index (χ1v) is 7.18. The lowest BCUT2D eigenvalue weighted by Gasteiger charge is -2.16. The second-order valence-electron chi connectivity index (χ2n) is 5.44. The Hall–Kier alpha value is -2.00. The van der Waals surface area contributed by atoms with Crippen LogP contribution in [0.25, 0.3) is 0 Å². The highest BCUT2D eigenvalue weighted by Crippen LogP contribution is 2.26. The molecule has 0 amide bonds. The highest BCUT2D eigenvalue weighted by Gasteiger charge is 2.11. The molecule has 0 heterocycles. The van der Waals surface area contributed by atoms with Crippen molar-refractivity contribution in [2.45, 2.75) is 32.9 Å². The van der Waals surface area contributed by atoms with Crippen molar-refractivity contribution in [3.8, 4) is 11.5 Å². The van der Waals surface area contributed by atoms with E-state index in [2.05, 4.69) is 6.07 Å². The van der Waals surface area contributed by atoms with Crippen molar-refractivity contribution in [3.05, 3.63) is 59.2 Å². The Morgan fingerprint density at radius 3 is 2.10 bits per heavy atom. The highest BCUT2D eigenvalue weighted by atomic mass is 16.5. The molecule has 2 aromatic rings. The predicted molar refractivity (Wildman–Crippen MR) is 86.0 cm³/mol. The van der Waals surface area contributed by atoms with Crippen LogP contribution in [0.3, 0.4) is 0 Å². The molecule has 0 saturated heterocycles. The highest BCUT2D eigenvalue weighted by molar-refractivity contribution is 5.41. The van der Waals surface area contributed by atoms with Gasteiger partial charge in [0.25, 0.3) is 0 Å². The monoisotopic (exact) mass is 285 g/mol. The van der Waals surface area contributed by atoms with E-state index >= 15 is 0 Å². The molecule has 3 nitrogen and oxygen atoms in total. The second-order valence-corrected chi connectivity index (χ2v) is 5.44. The molecule has 0 radical (unpaired) electrons. The van der Waals surface area contributed by atoms with Crippen LogP contribution in [0.2, 0.25) is 0 Å². The lowest BCUT2D eigenvalue weighted by atomic mass is 9.98. The van der Waals surface area contributed by atoms with Gasteiger partial charge in [-0.15, -0.1) is 0 Å². The molecule has 0 saturated carbocycles. The average Bonchev–Trinajstić information content (AvgIpc) is 2.46. The van der Waals surface area contributed by atoms with E-state index in [0.29, 0.717) is 0 Å². The van der Waals surface area contributed by atoms with Crippen LogP contribution in [0.15, 0.2) is 42.5 Å². The Labute approximate surface area is 126 Å². The number of hydrogen-bond donors (Lipinski definition) is 1. The number of hydrogen-bond acceptors (Lipinski definition) is 3. The molecule has 112 valence electrons. The standard InChI is InChI=1S/C18H23NO2/c1-12(2)21-16-8-5-14(6-9-16)18(19)15-7-10-17(20-4)13(3)11-15/h5-12,18H,19H2,1-4H3. The Morgan fingerprint density at radius 1 is 0.952 bits per heavy atom. The average molecular weight is 285 g/mol. The van der Waals surface area contributed by atoms with Crippen molar-refractivity contribution < 1.29 is 9.47 Å². The second kappa shape index (κ2) is 6.64. The summed E-state index contributed by atoms with van der Waals surface area (Å²) in [7, 11) is 1.68. The molecule has 0 aliphatic rings. The van der Waals surface area contributed by atoms with Gasteiger partial charge in [0, 0.05) is 0 Å². The van der Waals surface area contributed by atoms with Crippen molar-refractivity contribution in [3.63, 3.8) is 0 Å². The third kappa shape index (κ3) is 3.76. The van der Waals surface area contributed by atoms with Crippen molar-refractivity contribution in [2.75, 3.05) is 7.11 Å². The first kappa shape index (κ1) is 15.4. The third-order valence-electron chi connectivity index (χ3n) is 3.39. The number of aryl methyl sites for hydroxylation is 1. The van der Waals surface area contributed by atoms with Gasteiger partial charge >= 0.3 is 0 Å². The van der Waals surface area contributed by atoms with Gasteiger partial charge in [-0.05, 0) is 55.7 Å². The minimum absolute atomic E-state index is 0.150. The van der Waals surface area contributed by atoms with Crippen LogP contribution in [0.4, 0.5) is 0 Å². The van der Waals surface area contributed by atoms with Crippen molar-refractivity contribution in [2.24, 2.45) is 5.73 Å². The molecule has 0 aliphatic carbocycles. The van der Waals surface area contributed by atoms with Crippen LogP contribution in [-0.2, 0) is 0 Å². The summed E-state index contributed by atoms with van der Waals surface area (Å²) in [6.07, 6.45) is 0.175. The van der Waals surface area contributed by atoms with Gasteiger partial charge in [-0.2, -0.15) is 0 Å². The quantitative estimate of drug-likeness (QED) is 0.907. The summed E-state index contributed by atoms with van der Waals surface area (Å²) in [5.41, 5.74) is 9.57. The molecule has 0 fully saturated rings. The SMILES string of the molecule is COc1ccc(C(N)c2ccc(OC(C)C)cc2)cc1C. The predicted octanol–water partition coefficient (Wildman–Crippen LogP) is 3.84. The topological polar surface area (TPSA) is 44.5 Å². The Kier molecular flexibility index (Phi) is 4.86. The van der Waals surface area contributed by atoms with E-state index in [9.17, 15) is 0 Å². The summed E-state index contributed by atoms with van der Waals surface area (Å²) < 4.78 is 10.9. The van der Waals surface area contributed by atoms with E-state index in [1.54, 1.807) is 7.11 Å². The van der Waals surface area contributed by atoms with Crippen molar-refractivity contribution in [1.29, 1.82) is 0 Å². The summed E-state index contributed by atoms with van der Waals surface area (Å²) in [6, 6.07) is 13.8. The summed E-state index contributed by atoms with van der Waals surface area (Å²) in [5.74, 6) is 1.75. The van der Waals surface area contributed by atoms with Gasteiger partial charge < -0.3 is 15.2 Å². The molecule has 21 heavy (non-hydrogen) atoms. The molecule has 0 aromatic heterocycles. The first-order chi connectivity index (χ1) is 10.0. The van der Waals surface area contributed by atoms with Gasteiger partial charge in [0.1, 0.15) is 11.5 Å². The molecular weight excluding hydrogens is 262 g/mol. The molecule has 0 aliphatic heterocycles. The third-order valence-corrected chi connectivity index (χ3v) is 3.39. The number of rotatable bonds is 5. The fraction of sp³-hybridized carbons (Fsp3) is 0.333. The van der Waals surface area contributed by atoms with Crippen LogP contribution < -0.4 is 15.2 Å². The molecule has 2 N–H and O–H groups in total. The number of ether oxygens (including phenoxy) is 2. The van der Waals surface area contributed by atoms with E-state index in [4.69, 9.17) is 15.2 Å². The first-order valence-electron chi connectivity index (χ1n) is 7.18. The largest absolute Gasteiger partial charge is 0.496 e. The molecule has 2 aromatic carbocycles. The number of nitrogens with two attached hydrogens (primary N) is 1. The van der Waals surface area contributed by atoms with Gasteiger partial charge in [0.05, 0.1) is 19.3 Å². The Bertz CT molecular complexity index is 591. The van der Waals surface area contributed by atoms with Gasteiger partial charge in [-0.1, -0.05) is 24.3 Å². The van der Waals surface area contributed by atoms with Crippen molar-refractivity contribution in [1.82, 2.24) is 0 Å². The lowest BCUT2D eigenvalue weighted by Crippen LogP contribution is -2.12. The zero-order valence-corrected chi connectivity index (χ0v) is 13.1. The van der Waals surface area contributed by atoms with Crippen LogP contribution in [0, 0.1) is 6.92 Å². The van der Waals surface area contributed by atoms with E-state index in [1.807, 2.05) is 57.2 Å². The van der Waals surface area contributed by atoms with Gasteiger partial charge in [-0.3, -0.25) is 0 Å². The van der Waals surface area contributed by atoms with Gasteiger partial charge in [0.15, 0.2) is 0 Å². The maximum atomic E-state index is 6.35. The minimum Gasteiger partial charge on any atom is -0.496 e. The van der Waals surface area contributed by atoms with Crippen LogP contribution >= 0.6 is 0 Å². The van der Waals surface area contributed by atoms with E-state index in [-0.39, 0.29) is 12.1 Å². The van der Waals surface area contributed by atoms with Crippen LogP contribution in [0.5, 0.6) is 11.5 Å². The van der Waals surface area contributed by atoms with Crippen LogP contribution in [-0.4, -0.2) is 13.2 Å². The van der Waals surface area contributed by atoms with E-state index in [0.717, 1.165) is 28.2 Å². The summed E-state index contributed by atoms with van der Waals surface area (Å²) in [4.78, 5) is 0. The fourth-order valence-corrected chi connectivity index (χ4v) is 2.31. The smallest absolute Gasteiger partial charge is 0.121 e. The van der Waals surface area contributed by atoms with E-state index < -0.39 is 0 Å². The Balaban J connectivity index is 2.19. The molecular formula is C18H23NO2. The molecule has 3 heteroatoms. The molecule has 1 unspecified atom stereocenters. The van der Waals surface area contributed by atoms with Crippen molar-refractivity contribution >= 4 is 0 Å². The normalized spacial score (nSPS) is 12.3. The van der Waals surface area contributed by atoms with Gasteiger partial charge in [-0.25, -0.2) is 0 Å². The maximum absolute atomic E-state index is 6.35. The lowest BCUT2D eigenvalue weighted by molar-refractivity contribution is 0.242. The maximum Gasteiger partial charge on any atom is 0.121 e.